The van der Waals surface area contributed by atoms with Crippen LogP contribution in [0.3, 0.4) is 0 Å². The van der Waals surface area contributed by atoms with Gasteiger partial charge in [0.1, 0.15) is 0 Å². The molecule has 3 nitrogen and oxygen atoms in total. The van der Waals surface area contributed by atoms with E-state index in [4.69, 9.17) is 5.84 Å². The quantitative estimate of drug-likeness (QED) is 0.615. The second-order valence-corrected chi connectivity index (χ2v) is 5.30. The van der Waals surface area contributed by atoms with Crippen LogP contribution in [0.15, 0.2) is 42.5 Å². The Morgan fingerprint density at radius 1 is 1.11 bits per heavy atom. The summed E-state index contributed by atoms with van der Waals surface area (Å²) in [5.74, 6) is 5.68. The largest absolute Gasteiger partial charge is 0.309 e. The fourth-order valence-corrected chi connectivity index (χ4v) is 2.39. The van der Waals surface area contributed by atoms with Crippen molar-refractivity contribution in [3.63, 3.8) is 0 Å². The fraction of sp³-hybridized carbons (Fsp3) is 0.375. The Hall–Kier alpha value is -1.42. The molecule has 102 valence electrons. The van der Waals surface area contributed by atoms with Gasteiger partial charge in [-0.1, -0.05) is 42.5 Å². The third-order valence-electron chi connectivity index (χ3n) is 3.51. The summed E-state index contributed by atoms with van der Waals surface area (Å²) < 4.78 is 0. The van der Waals surface area contributed by atoms with Crippen LogP contribution in [0, 0.1) is 0 Å². The Balaban J connectivity index is 2.15. The number of rotatable bonds is 6. The van der Waals surface area contributed by atoms with E-state index in [9.17, 15) is 0 Å². The molecule has 2 rings (SSSR count). The minimum atomic E-state index is 0.313. The van der Waals surface area contributed by atoms with E-state index in [-0.39, 0.29) is 0 Å². The fourth-order valence-electron chi connectivity index (χ4n) is 2.39. The predicted molar refractivity (Wildman–Crippen MR) is 81.9 cm³/mol. The van der Waals surface area contributed by atoms with E-state index in [1.807, 2.05) is 0 Å². The van der Waals surface area contributed by atoms with Gasteiger partial charge in [0.15, 0.2) is 0 Å². The molecule has 0 spiro atoms. The smallest absolute Gasteiger partial charge is 0.0263 e. The molecule has 0 amide bonds. The number of fused-ring (bicyclic) bond motifs is 1. The van der Waals surface area contributed by atoms with E-state index in [0.29, 0.717) is 6.04 Å². The van der Waals surface area contributed by atoms with Gasteiger partial charge in [0.05, 0.1) is 0 Å². The van der Waals surface area contributed by atoms with Gasteiger partial charge in [-0.05, 0) is 49.8 Å². The van der Waals surface area contributed by atoms with Gasteiger partial charge in [-0.25, -0.2) is 0 Å². The molecule has 0 aliphatic heterocycles. The van der Waals surface area contributed by atoms with Crippen LogP contribution in [0.5, 0.6) is 0 Å². The van der Waals surface area contributed by atoms with Crippen LogP contribution in [0.2, 0.25) is 0 Å². The van der Waals surface area contributed by atoms with Crippen molar-refractivity contribution in [1.82, 2.24) is 10.3 Å². The predicted octanol–water partition coefficient (Wildman–Crippen LogP) is 2.17. The zero-order valence-electron chi connectivity index (χ0n) is 11.8. The summed E-state index contributed by atoms with van der Waals surface area (Å²) in [6.45, 7) is 1.04. The Morgan fingerprint density at radius 2 is 1.84 bits per heavy atom. The van der Waals surface area contributed by atoms with Crippen molar-refractivity contribution in [2.75, 3.05) is 20.6 Å². The van der Waals surface area contributed by atoms with Crippen LogP contribution in [-0.2, 0) is 6.42 Å². The molecule has 1 atom stereocenters. The van der Waals surface area contributed by atoms with Gasteiger partial charge in [-0.15, -0.1) is 0 Å². The lowest BCUT2D eigenvalue weighted by molar-refractivity contribution is 0.358. The van der Waals surface area contributed by atoms with Crippen LogP contribution >= 0.6 is 0 Å². The molecule has 19 heavy (non-hydrogen) atoms. The van der Waals surface area contributed by atoms with Gasteiger partial charge in [0.2, 0.25) is 0 Å². The van der Waals surface area contributed by atoms with E-state index in [1.165, 1.54) is 16.3 Å². The lowest BCUT2D eigenvalue weighted by atomic mass is 9.97. The average molecular weight is 257 g/mol. The highest BCUT2D eigenvalue weighted by molar-refractivity contribution is 5.85. The topological polar surface area (TPSA) is 41.3 Å². The Bertz CT molecular complexity index is 517. The molecule has 3 N–H and O–H groups in total. The summed E-state index contributed by atoms with van der Waals surface area (Å²) in [5, 5.41) is 2.62. The van der Waals surface area contributed by atoms with Gasteiger partial charge in [-0.2, -0.15) is 0 Å². The van der Waals surface area contributed by atoms with E-state index >= 15 is 0 Å². The Kier molecular flexibility index (Phi) is 4.91. The van der Waals surface area contributed by atoms with Crippen molar-refractivity contribution in [2.45, 2.75) is 18.9 Å². The molecule has 0 aliphatic carbocycles. The number of nitrogens with two attached hydrogens (primary N) is 1. The molecule has 0 aromatic heterocycles. The molecule has 0 heterocycles. The van der Waals surface area contributed by atoms with Crippen LogP contribution in [-0.4, -0.2) is 31.6 Å². The number of benzene rings is 2. The molecular weight excluding hydrogens is 234 g/mol. The zero-order valence-corrected chi connectivity index (χ0v) is 11.8. The maximum Gasteiger partial charge on any atom is 0.0263 e. The first-order valence-corrected chi connectivity index (χ1v) is 6.78. The highest BCUT2D eigenvalue weighted by atomic mass is 15.2. The second kappa shape index (κ2) is 6.66. The van der Waals surface area contributed by atoms with Gasteiger partial charge < -0.3 is 4.90 Å². The minimum absolute atomic E-state index is 0.313. The first kappa shape index (κ1) is 14.0. The molecule has 1 unspecified atom stereocenters. The lowest BCUT2D eigenvalue weighted by Gasteiger charge is -2.19. The van der Waals surface area contributed by atoms with Crippen molar-refractivity contribution in [1.29, 1.82) is 0 Å². The van der Waals surface area contributed by atoms with E-state index in [1.54, 1.807) is 0 Å². The maximum atomic E-state index is 5.68. The summed E-state index contributed by atoms with van der Waals surface area (Å²) in [6.07, 6.45) is 2.01. The minimum Gasteiger partial charge on any atom is -0.309 e. The normalized spacial score (nSPS) is 13.1. The summed E-state index contributed by atoms with van der Waals surface area (Å²) in [5.41, 5.74) is 4.30. The van der Waals surface area contributed by atoms with Crippen molar-refractivity contribution in [3.05, 3.63) is 48.0 Å². The monoisotopic (exact) mass is 257 g/mol. The highest BCUT2D eigenvalue weighted by Gasteiger charge is 2.10. The van der Waals surface area contributed by atoms with Crippen molar-refractivity contribution in [2.24, 2.45) is 5.84 Å². The van der Waals surface area contributed by atoms with Crippen LogP contribution in [0.4, 0.5) is 0 Å². The molecule has 0 saturated heterocycles. The molecule has 0 bridgehead atoms. The number of hydrogen-bond donors (Lipinski definition) is 2. The summed E-state index contributed by atoms with van der Waals surface area (Å²) >= 11 is 0. The van der Waals surface area contributed by atoms with E-state index in [2.05, 4.69) is 66.9 Å². The first-order valence-electron chi connectivity index (χ1n) is 6.78. The van der Waals surface area contributed by atoms with E-state index in [0.717, 1.165) is 19.4 Å². The second-order valence-electron chi connectivity index (χ2n) is 5.30. The molecule has 0 aliphatic rings. The van der Waals surface area contributed by atoms with E-state index < -0.39 is 0 Å². The summed E-state index contributed by atoms with van der Waals surface area (Å²) in [6, 6.07) is 15.3. The molecule has 0 radical (unpaired) electrons. The van der Waals surface area contributed by atoms with Gasteiger partial charge in [0.25, 0.3) is 0 Å². The third kappa shape index (κ3) is 3.77. The standard InChI is InChI=1S/C16H23N3/c1-19(2)11-10-15(18-17)12-14-8-5-7-13-6-3-4-9-16(13)14/h3-9,15,18H,10-12,17H2,1-2H3. The number of nitrogens with zero attached hydrogens (tertiary/aromatic N) is 1. The highest BCUT2D eigenvalue weighted by Crippen LogP contribution is 2.20. The van der Waals surface area contributed by atoms with Gasteiger partial charge in [-0.3, -0.25) is 11.3 Å². The number of nitrogens with one attached hydrogen (secondary N) is 1. The summed E-state index contributed by atoms with van der Waals surface area (Å²) in [4.78, 5) is 2.19. The van der Waals surface area contributed by atoms with Crippen LogP contribution in [0.1, 0.15) is 12.0 Å². The lowest BCUT2D eigenvalue weighted by Crippen LogP contribution is -2.38. The Morgan fingerprint density at radius 3 is 2.58 bits per heavy atom. The van der Waals surface area contributed by atoms with Gasteiger partial charge >= 0.3 is 0 Å². The average Bonchev–Trinajstić information content (AvgIpc) is 2.43. The number of hydrazine groups is 1. The number of hydrogen-bond acceptors (Lipinski definition) is 3. The van der Waals surface area contributed by atoms with Crippen molar-refractivity contribution < 1.29 is 0 Å². The molecule has 0 fully saturated rings. The Labute approximate surface area is 115 Å². The van der Waals surface area contributed by atoms with Gasteiger partial charge in [0, 0.05) is 6.04 Å². The SMILES string of the molecule is CN(C)CCC(Cc1cccc2ccccc12)NN. The molecule has 2 aromatic carbocycles. The van der Waals surface area contributed by atoms with Crippen molar-refractivity contribution in [3.8, 4) is 0 Å². The molecule has 2 aromatic rings. The summed E-state index contributed by atoms with van der Waals surface area (Å²) in [7, 11) is 4.18. The molecular formula is C16H23N3. The van der Waals surface area contributed by atoms with Crippen molar-refractivity contribution >= 4 is 10.8 Å². The zero-order chi connectivity index (χ0) is 13.7. The van der Waals surface area contributed by atoms with Crippen LogP contribution in [0.25, 0.3) is 10.8 Å². The first-order chi connectivity index (χ1) is 9.20. The third-order valence-corrected chi connectivity index (χ3v) is 3.51. The maximum absolute atomic E-state index is 5.68. The van der Waals surface area contributed by atoms with Crippen LogP contribution < -0.4 is 11.3 Å². The molecule has 0 saturated carbocycles. The molecule has 3 heteroatoms.